The Kier molecular flexibility index (Phi) is 31.4. The van der Waals surface area contributed by atoms with Gasteiger partial charge in [0.2, 0.25) is 29.5 Å². The molecule has 8 atom stereocenters. The van der Waals surface area contributed by atoms with Crippen LogP contribution in [0.2, 0.25) is 5.02 Å². The average molecular weight is 1370 g/mol. The third-order valence-corrected chi connectivity index (χ3v) is 19.1. The molecule has 2 saturated heterocycles. The van der Waals surface area contributed by atoms with Gasteiger partial charge < -0.3 is 68.3 Å². The number of ether oxygens (including phenoxy) is 8. The van der Waals surface area contributed by atoms with E-state index in [1.165, 1.54) is 52.7 Å². The first-order valence-corrected chi connectivity index (χ1v) is 33.6. The number of alkyl carbamates (subject to hydrolysis) is 1. The van der Waals surface area contributed by atoms with Crippen LogP contribution in [0.25, 0.3) is 0 Å². The van der Waals surface area contributed by atoms with Crippen LogP contribution >= 0.6 is 33.2 Å². The molecule has 6 amide bonds. The number of nitrogens with one attached hydrogen (secondary N) is 3. The Hall–Kier alpha value is -6.73. The van der Waals surface area contributed by atoms with Gasteiger partial charge in [-0.3, -0.25) is 33.7 Å². The molecular formula is C68H92ClFN6O16S2. The molecule has 4 heterocycles. The highest BCUT2D eigenvalue weighted by Crippen LogP contribution is 2.49. The van der Waals surface area contributed by atoms with Crippen molar-refractivity contribution in [3.8, 4) is 17.6 Å². The molecule has 4 bridgehead atoms. The van der Waals surface area contributed by atoms with Crippen LogP contribution in [0.4, 0.5) is 20.6 Å². The van der Waals surface area contributed by atoms with Gasteiger partial charge in [0.25, 0.3) is 0 Å². The molecule has 0 spiro atoms. The van der Waals surface area contributed by atoms with Gasteiger partial charge in [-0.2, -0.15) is 0 Å². The van der Waals surface area contributed by atoms with Gasteiger partial charge in [-0.25, -0.2) is 9.59 Å². The molecule has 4 aliphatic heterocycles. The molecule has 3 aromatic rings. The van der Waals surface area contributed by atoms with Gasteiger partial charge in [-0.05, 0) is 75.1 Å². The minimum atomic E-state index is -1.87. The predicted molar refractivity (Wildman–Crippen MR) is 361 cm³/mol. The second kappa shape index (κ2) is 38.7. The molecule has 0 aromatic heterocycles. The molecule has 7 rings (SSSR count). The van der Waals surface area contributed by atoms with Crippen molar-refractivity contribution >= 4 is 86.2 Å². The number of hydrogen-bond donors (Lipinski definition) is 4. The van der Waals surface area contributed by atoms with E-state index in [2.05, 4.69) is 27.8 Å². The first kappa shape index (κ1) is 76.3. The number of rotatable bonds is 28. The van der Waals surface area contributed by atoms with E-state index in [9.17, 15) is 43.1 Å². The molecule has 516 valence electrons. The van der Waals surface area contributed by atoms with Crippen LogP contribution in [0.1, 0.15) is 104 Å². The number of fused-ring (bicyclic) bond motifs is 7. The Morgan fingerprint density at radius 1 is 0.915 bits per heavy atom. The summed E-state index contributed by atoms with van der Waals surface area (Å²) in [5.74, 6) is 5.25. The summed E-state index contributed by atoms with van der Waals surface area (Å²) in [5, 5.41) is 20.2. The number of halogens is 2. The van der Waals surface area contributed by atoms with Gasteiger partial charge in [0.15, 0.2) is 5.72 Å². The number of carbonyl (C=O) groups is 7. The third kappa shape index (κ3) is 22.4. The highest BCUT2D eigenvalue weighted by atomic mass is 35.5. The van der Waals surface area contributed by atoms with E-state index in [-0.39, 0.29) is 74.8 Å². The molecule has 4 N–H and O–H groups in total. The molecule has 0 unspecified atom stereocenters. The van der Waals surface area contributed by atoms with E-state index < -0.39 is 72.8 Å². The van der Waals surface area contributed by atoms with E-state index in [1.807, 2.05) is 61.5 Å². The topological polar surface area (TPSA) is 263 Å². The Balaban J connectivity index is 0.00000400. The maximum atomic E-state index is 14.4. The summed E-state index contributed by atoms with van der Waals surface area (Å²) >= 11 is 6.83. The van der Waals surface area contributed by atoms with Crippen LogP contribution in [0, 0.1) is 17.8 Å². The van der Waals surface area contributed by atoms with Crippen LogP contribution in [-0.2, 0) is 74.9 Å². The summed E-state index contributed by atoms with van der Waals surface area (Å²) in [6.45, 7) is 9.91. The number of allylic oxidation sites excluding steroid dienone is 3. The van der Waals surface area contributed by atoms with E-state index in [4.69, 9.17) is 50.9 Å². The summed E-state index contributed by atoms with van der Waals surface area (Å²) in [7, 11) is 8.00. The number of epoxide rings is 1. The summed E-state index contributed by atoms with van der Waals surface area (Å²) < 4.78 is 61.7. The van der Waals surface area contributed by atoms with Gasteiger partial charge in [-0.15, -0.1) is 0 Å². The second-order valence-corrected chi connectivity index (χ2v) is 25.9. The summed E-state index contributed by atoms with van der Waals surface area (Å²) in [5.41, 5.74) is 2.22. The van der Waals surface area contributed by atoms with Gasteiger partial charge in [0, 0.05) is 94.9 Å². The first-order valence-electron chi connectivity index (χ1n) is 31.5. The fraction of sp³-hybridized carbons (Fsp3) is 0.544. The largest absolute Gasteiger partial charge is 0.495 e. The number of amides is 6. The number of esters is 1. The van der Waals surface area contributed by atoms with Crippen molar-refractivity contribution in [3.63, 3.8) is 0 Å². The molecular weight excluding hydrogens is 1280 g/mol. The van der Waals surface area contributed by atoms with Crippen molar-refractivity contribution in [2.24, 2.45) is 5.92 Å². The van der Waals surface area contributed by atoms with Crippen molar-refractivity contribution in [1.82, 2.24) is 20.9 Å². The molecule has 0 aliphatic carbocycles. The predicted octanol–water partition coefficient (Wildman–Crippen LogP) is 8.30. The average Bonchev–Trinajstić information content (AvgIpc) is 1.58. The lowest BCUT2D eigenvalue weighted by Gasteiger charge is -2.42. The number of benzene rings is 3. The minimum Gasteiger partial charge on any atom is -0.495 e. The highest BCUT2D eigenvalue weighted by molar-refractivity contribution is 8.76. The summed E-state index contributed by atoms with van der Waals surface area (Å²) in [4.78, 5) is 97.7. The number of hydrogen-bond acceptors (Lipinski definition) is 18. The fourth-order valence-electron chi connectivity index (χ4n) is 10.7. The molecule has 3 aromatic carbocycles. The van der Waals surface area contributed by atoms with Gasteiger partial charge >= 0.3 is 12.1 Å². The van der Waals surface area contributed by atoms with Crippen molar-refractivity contribution in [3.05, 3.63) is 112 Å². The Morgan fingerprint density at radius 2 is 1.54 bits per heavy atom. The van der Waals surface area contributed by atoms with E-state index in [0.717, 1.165) is 33.5 Å². The molecule has 4 aliphatic rings. The minimum absolute atomic E-state index is 0. The highest BCUT2D eigenvalue weighted by Gasteiger charge is 2.64. The van der Waals surface area contributed by atoms with E-state index in [1.54, 1.807) is 57.0 Å². The van der Waals surface area contributed by atoms with Crippen LogP contribution < -0.4 is 30.5 Å². The number of nitrogens with zero attached hydrogens (tertiary/aromatic N) is 3. The molecule has 26 heteroatoms. The van der Waals surface area contributed by atoms with Crippen LogP contribution in [0.15, 0.2) is 84.5 Å². The molecule has 94 heavy (non-hydrogen) atoms. The van der Waals surface area contributed by atoms with Crippen molar-refractivity contribution in [1.29, 1.82) is 0 Å². The fourth-order valence-corrected chi connectivity index (χ4v) is 13.1. The van der Waals surface area contributed by atoms with Crippen molar-refractivity contribution in [2.75, 3.05) is 110 Å². The number of methoxy groups -OCH3 is 2. The summed E-state index contributed by atoms with van der Waals surface area (Å²) in [6, 6.07) is 17.8. The lowest BCUT2D eigenvalue weighted by molar-refractivity contribution is -0.162. The van der Waals surface area contributed by atoms with E-state index >= 15 is 0 Å². The van der Waals surface area contributed by atoms with E-state index in [0.29, 0.717) is 94.9 Å². The van der Waals surface area contributed by atoms with Gasteiger partial charge in [0.05, 0.1) is 85.7 Å². The number of likely N-dealkylation sites (N-methyl/N-ethyl adjacent to an activating group) is 1. The summed E-state index contributed by atoms with van der Waals surface area (Å²) in [6.07, 6.45) is 1.75. The zero-order valence-corrected chi connectivity index (χ0v) is 56.5. The molecule has 0 saturated carbocycles. The smallest absolute Gasteiger partial charge is 0.409 e. The maximum absolute atomic E-state index is 14.4. The van der Waals surface area contributed by atoms with Crippen LogP contribution in [-0.4, -0.2) is 193 Å². The monoisotopic (exact) mass is 1370 g/mol. The van der Waals surface area contributed by atoms with Gasteiger partial charge in [-0.1, -0.05) is 114 Å². The number of carbonyl (C=O) groups excluding carboxylic acids is 7. The number of alkyl halides is 1. The zero-order chi connectivity index (χ0) is 68.4. The lowest BCUT2D eigenvalue weighted by Crippen LogP contribution is -2.63. The standard InChI is InChI=1S/C66H85ClN6O16S2.CH3F.CH4/c1-43-15-13-20-54(83-8)66(81)41-53(87-64(80)70-66)44(2)62-65(4,89-62)55(40-60(78)72(6)51-38-46(37-43)39-52(82-7)61(51)67)88-63(79)45(3)71(5)58(76)26-36-91-90-35-14-21-56(74)68-27-29-84-31-33-86-34-32-85-30-28-69-57(75)24-25-59(77)73-42-49-18-10-9-16-47(49)22-23-48-17-11-12-19-50(48)73;1-2;/h9-13,15-20,38-39,44-45,53-55,62,81H,14,21,24-37,40-42H2,1-8H3,(H,68,74)(H,69,75)(H,70,80);1H3;1H4/b20-13+,43-15+;;/t44-,45-,53+,54-,55+,62+,65-,66+;;/m1../s1/i;1D;. The quantitative estimate of drug-likeness (QED) is 0.0175. The number of aliphatic hydroxyl groups is 1. The molecule has 2 fully saturated rings. The second-order valence-electron chi connectivity index (χ2n) is 22.8. The van der Waals surface area contributed by atoms with Crippen LogP contribution in [0.3, 0.4) is 0 Å². The van der Waals surface area contributed by atoms with Crippen molar-refractivity contribution in [2.45, 2.75) is 135 Å². The van der Waals surface area contributed by atoms with Crippen molar-refractivity contribution < 1.29 is 82.3 Å². The Morgan fingerprint density at radius 3 is 2.22 bits per heavy atom. The lowest BCUT2D eigenvalue weighted by atomic mass is 9.83. The number of anilines is 2. The SMILES string of the molecule is C.COc1cc2cc(c1Cl)N(C)C(=O)C[C@H](OC(=O)[C@@H](C)N(C)C(=O)CCSSCCCC(=O)NCCOCCOCCOCCNC(=O)CCC(=O)N1Cc3ccccc3C#Cc3ccccc31)[C@@]1(C)O[C@H]1[C@H](C)[C@@H]1C[C@@](O)(NC(=O)O1)[C@H](OC)/C=C/C=C(\C)C2.[2H]CF. The molecule has 22 nitrogen and oxygen atoms in total. The maximum Gasteiger partial charge on any atom is 0.409 e. The normalized spacial score (nSPS) is 22.7. The van der Waals surface area contributed by atoms with Gasteiger partial charge in [0.1, 0.15) is 40.7 Å². The Bertz CT molecular complexity index is 3210. The third-order valence-electron chi connectivity index (χ3n) is 16.3. The Labute approximate surface area is 566 Å². The first-order chi connectivity index (χ1) is 45.1. The van der Waals surface area contributed by atoms with Crippen LogP contribution in [0.5, 0.6) is 5.75 Å². The zero-order valence-electron chi connectivity index (χ0n) is 55.1. The molecule has 0 radical (unpaired) electrons. The number of para-hydroxylation sites is 1.